The molecule has 1 N–H and O–H groups in total. The minimum absolute atomic E-state index is 0.358. The first kappa shape index (κ1) is 23.9. The number of rotatable bonds is 15. The summed E-state index contributed by atoms with van der Waals surface area (Å²) in [6, 6.07) is 15.6. The number of carbonyl (C=O) groups is 1. The summed E-state index contributed by atoms with van der Waals surface area (Å²) < 4.78 is 0. The lowest BCUT2D eigenvalue weighted by atomic mass is 10.1. The highest BCUT2D eigenvalue weighted by molar-refractivity contribution is 7.99. The van der Waals surface area contributed by atoms with Crippen LogP contribution in [-0.2, 0) is 0 Å². The molecule has 4 heteroatoms. The Labute approximate surface area is 184 Å². The molecule has 0 aromatic heterocycles. The summed E-state index contributed by atoms with van der Waals surface area (Å²) in [5.41, 5.74) is 0.358. The highest BCUT2D eigenvalue weighted by Crippen LogP contribution is 2.32. The first-order chi connectivity index (χ1) is 14.2. The van der Waals surface area contributed by atoms with Gasteiger partial charge in [0.05, 0.1) is 5.56 Å². The first-order valence-electron chi connectivity index (χ1n) is 10.9. The number of hydrogen-bond acceptors (Lipinski definition) is 3. The lowest BCUT2D eigenvalue weighted by Crippen LogP contribution is -1.97. The molecule has 0 bridgehead atoms. The molecule has 2 aromatic carbocycles. The molecule has 0 unspecified atom stereocenters. The van der Waals surface area contributed by atoms with Crippen molar-refractivity contribution in [1.82, 2.24) is 0 Å². The Hall–Kier alpha value is -1.39. The molecular weight excluding hydrogens is 396 g/mol. The average Bonchev–Trinajstić information content (AvgIpc) is 2.73. The predicted octanol–water partition coefficient (Wildman–Crippen LogP) is 8.55. The van der Waals surface area contributed by atoms with Gasteiger partial charge in [-0.05, 0) is 48.6 Å². The highest BCUT2D eigenvalue weighted by Gasteiger charge is 2.10. The van der Waals surface area contributed by atoms with Crippen molar-refractivity contribution in [3.63, 3.8) is 0 Å². The van der Waals surface area contributed by atoms with Crippen molar-refractivity contribution in [1.29, 1.82) is 0 Å². The van der Waals surface area contributed by atoms with Gasteiger partial charge in [-0.15, -0.1) is 11.8 Å². The van der Waals surface area contributed by atoms with Crippen LogP contribution in [0.5, 0.6) is 0 Å². The van der Waals surface area contributed by atoms with Crippen LogP contribution >= 0.6 is 23.5 Å². The van der Waals surface area contributed by atoms with Crippen molar-refractivity contribution >= 4 is 29.5 Å². The molecule has 0 spiro atoms. The molecule has 0 amide bonds. The van der Waals surface area contributed by atoms with Gasteiger partial charge < -0.3 is 5.11 Å². The van der Waals surface area contributed by atoms with E-state index < -0.39 is 5.97 Å². The van der Waals surface area contributed by atoms with Crippen LogP contribution in [0.4, 0.5) is 0 Å². The van der Waals surface area contributed by atoms with E-state index >= 15 is 0 Å². The molecule has 2 rings (SSSR count). The summed E-state index contributed by atoms with van der Waals surface area (Å²) in [5, 5.41) is 9.30. The molecule has 0 aliphatic carbocycles. The number of thioether (sulfide) groups is 1. The zero-order valence-corrected chi connectivity index (χ0v) is 19.2. The normalized spacial score (nSPS) is 10.9. The van der Waals surface area contributed by atoms with Crippen LogP contribution in [0.2, 0.25) is 0 Å². The van der Waals surface area contributed by atoms with Gasteiger partial charge in [0.1, 0.15) is 0 Å². The summed E-state index contributed by atoms with van der Waals surface area (Å²) in [6.07, 6.45) is 13.7. The molecule has 0 heterocycles. The van der Waals surface area contributed by atoms with Gasteiger partial charge in [0.25, 0.3) is 0 Å². The summed E-state index contributed by atoms with van der Waals surface area (Å²) in [4.78, 5) is 14.5. The molecule has 0 aliphatic heterocycles. The van der Waals surface area contributed by atoms with Crippen LogP contribution in [0.3, 0.4) is 0 Å². The lowest BCUT2D eigenvalue weighted by Gasteiger charge is -2.07. The van der Waals surface area contributed by atoms with Crippen molar-refractivity contribution in [3.05, 3.63) is 54.1 Å². The molecule has 0 fully saturated rings. The molecule has 0 saturated carbocycles. The number of benzene rings is 2. The number of carboxylic acids is 1. The van der Waals surface area contributed by atoms with E-state index in [0.29, 0.717) is 5.56 Å². The van der Waals surface area contributed by atoms with E-state index in [9.17, 15) is 9.90 Å². The predicted molar refractivity (Wildman–Crippen MR) is 127 cm³/mol. The van der Waals surface area contributed by atoms with Gasteiger partial charge >= 0.3 is 5.97 Å². The zero-order chi connectivity index (χ0) is 20.7. The molecule has 29 heavy (non-hydrogen) atoms. The smallest absolute Gasteiger partial charge is 0.336 e. The fourth-order valence-corrected chi connectivity index (χ4v) is 5.09. The second-order valence-corrected chi connectivity index (χ2v) is 9.69. The van der Waals surface area contributed by atoms with E-state index in [1.54, 1.807) is 12.1 Å². The van der Waals surface area contributed by atoms with Crippen LogP contribution in [0.25, 0.3) is 0 Å². The minimum atomic E-state index is -0.878. The van der Waals surface area contributed by atoms with Crippen LogP contribution in [0, 0.1) is 0 Å². The van der Waals surface area contributed by atoms with E-state index in [4.69, 9.17) is 0 Å². The summed E-state index contributed by atoms with van der Waals surface area (Å²) in [7, 11) is 0. The van der Waals surface area contributed by atoms with Crippen molar-refractivity contribution in [2.45, 2.75) is 85.8 Å². The van der Waals surface area contributed by atoms with Gasteiger partial charge in [-0.1, -0.05) is 88.6 Å². The second kappa shape index (κ2) is 14.6. The molecule has 0 atom stereocenters. The monoisotopic (exact) mass is 430 g/mol. The number of unbranched alkanes of at least 4 members (excludes halogenated alkanes) is 9. The maximum Gasteiger partial charge on any atom is 0.336 e. The molecule has 0 aliphatic rings. The Kier molecular flexibility index (Phi) is 12.0. The van der Waals surface area contributed by atoms with Crippen molar-refractivity contribution in [2.75, 3.05) is 5.75 Å². The average molecular weight is 431 g/mol. The van der Waals surface area contributed by atoms with E-state index in [1.165, 1.54) is 86.6 Å². The Morgan fingerprint density at radius 3 is 1.93 bits per heavy atom. The van der Waals surface area contributed by atoms with Gasteiger partial charge in [-0.25, -0.2) is 4.79 Å². The molecule has 2 nitrogen and oxygen atoms in total. The van der Waals surface area contributed by atoms with Gasteiger partial charge in [-0.2, -0.15) is 0 Å². The quantitative estimate of drug-likeness (QED) is 0.227. The SMILES string of the molecule is CCCCCCCCCCCCSc1ccc(Sc2ccccc2C(=O)O)cc1. The fourth-order valence-electron chi connectivity index (χ4n) is 3.24. The van der Waals surface area contributed by atoms with Crippen molar-refractivity contribution in [3.8, 4) is 0 Å². The Balaban J connectivity index is 1.61. The van der Waals surface area contributed by atoms with Crippen LogP contribution < -0.4 is 0 Å². The summed E-state index contributed by atoms with van der Waals surface area (Å²) >= 11 is 3.42. The molecule has 0 saturated heterocycles. The van der Waals surface area contributed by atoms with Crippen molar-refractivity contribution < 1.29 is 9.90 Å². The third-order valence-electron chi connectivity index (χ3n) is 4.94. The van der Waals surface area contributed by atoms with E-state index in [-0.39, 0.29) is 0 Å². The molecular formula is C25H34O2S2. The Bertz CT molecular complexity index is 713. The maximum atomic E-state index is 11.3. The maximum absolute atomic E-state index is 11.3. The number of carboxylic acid groups (broad SMARTS) is 1. The fraction of sp³-hybridized carbons (Fsp3) is 0.480. The standard InChI is InChI=1S/C25H34O2S2/c1-2-3-4-5-6-7-8-9-10-13-20-28-21-16-18-22(19-17-21)29-24-15-12-11-14-23(24)25(26)27/h11-12,14-19H,2-10,13,20H2,1H3,(H,26,27). The lowest BCUT2D eigenvalue weighted by molar-refractivity contribution is 0.0693. The third-order valence-corrected chi connectivity index (χ3v) is 7.12. The second-order valence-electron chi connectivity index (χ2n) is 7.41. The van der Waals surface area contributed by atoms with Gasteiger partial charge in [0.2, 0.25) is 0 Å². The number of hydrogen-bond donors (Lipinski definition) is 1. The van der Waals surface area contributed by atoms with Crippen molar-refractivity contribution in [2.24, 2.45) is 0 Å². The number of aromatic carboxylic acids is 1. The molecule has 0 radical (unpaired) electrons. The molecule has 158 valence electrons. The van der Waals surface area contributed by atoms with E-state index in [0.717, 1.165) is 9.79 Å². The largest absolute Gasteiger partial charge is 0.478 e. The Morgan fingerprint density at radius 2 is 1.31 bits per heavy atom. The highest BCUT2D eigenvalue weighted by atomic mass is 32.2. The van der Waals surface area contributed by atoms with Gasteiger partial charge in [-0.3, -0.25) is 0 Å². The zero-order valence-electron chi connectivity index (χ0n) is 17.6. The van der Waals surface area contributed by atoms with Crippen LogP contribution in [-0.4, -0.2) is 16.8 Å². The summed E-state index contributed by atoms with van der Waals surface area (Å²) in [5.74, 6) is 0.293. The van der Waals surface area contributed by atoms with Crippen LogP contribution in [0.15, 0.2) is 63.2 Å². The summed E-state index contributed by atoms with van der Waals surface area (Å²) in [6.45, 7) is 2.27. The van der Waals surface area contributed by atoms with Gasteiger partial charge in [0.15, 0.2) is 0 Å². The van der Waals surface area contributed by atoms with Crippen LogP contribution in [0.1, 0.15) is 81.5 Å². The van der Waals surface area contributed by atoms with Gasteiger partial charge in [0, 0.05) is 14.7 Å². The first-order valence-corrected chi connectivity index (χ1v) is 12.7. The minimum Gasteiger partial charge on any atom is -0.478 e. The topological polar surface area (TPSA) is 37.3 Å². The Morgan fingerprint density at radius 1 is 0.759 bits per heavy atom. The molecule has 2 aromatic rings. The van der Waals surface area contributed by atoms with E-state index in [2.05, 4.69) is 31.2 Å². The third kappa shape index (κ3) is 9.77. The van der Waals surface area contributed by atoms with E-state index in [1.807, 2.05) is 23.9 Å².